The van der Waals surface area contributed by atoms with E-state index in [2.05, 4.69) is 17.0 Å². The molecule has 0 unspecified atom stereocenters. The first-order valence-electron chi connectivity index (χ1n) is 5.83. The Kier molecular flexibility index (Phi) is 5.03. The van der Waals surface area contributed by atoms with Crippen molar-refractivity contribution in [3.63, 3.8) is 0 Å². The monoisotopic (exact) mass is 238 g/mol. The highest BCUT2D eigenvalue weighted by atomic mass is 16.5. The smallest absolute Gasteiger partial charge is 0.147 e. The summed E-state index contributed by atoms with van der Waals surface area (Å²) < 4.78 is 7.17. The minimum Gasteiger partial charge on any atom is -0.394 e. The molecule has 0 aliphatic heterocycles. The molecule has 0 aromatic carbocycles. The summed E-state index contributed by atoms with van der Waals surface area (Å²) in [6.07, 6.45) is 0.841. The molecule has 0 radical (unpaired) electrons. The van der Waals surface area contributed by atoms with E-state index in [1.54, 1.807) is 4.68 Å². The molecule has 5 heteroatoms. The van der Waals surface area contributed by atoms with Gasteiger partial charge in [0.2, 0.25) is 0 Å². The van der Waals surface area contributed by atoms with Crippen molar-refractivity contribution in [3.05, 3.63) is 17.8 Å². The van der Waals surface area contributed by atoms with Gasteiger partial charge in [-0.15, -0.1) is 0 Å². The lowest BCUT2D eigenvalue weighted by Gasteiger charge is -2.08. The standard InChI is InChI=1S/C12H22N4O/c1-5-10-11(13)12(16(4)15-10)14-6-7-17-8-9(2)3/h14H,2,5-8,13H2,1,3-4H3. The van der Waals surface area contributed by atoms with Gasteiger partial charge in [-0.3, -0.25) is 4.68 Å². The molecule has 0 bridgehead atoms. The molecule has 0 aliphatic rings. The largest absolute Gasteiger partial charge is 0.394 e. The van der Waals surface area contributed by atoms with E-state index in [0.717, 1.165) is 29.2 Å². The van der Waals surface area contributed by atoms with Gasteiger partial charge >= 0.3 is 0 Å². The van der Waals surface area contributed by atoms with Crippen LogP contribution in [0.2, 0.25) is 0 Å². The van der Waals surface area contributed by atoms with Gasteiger partial charge in [-0.2, -0.15) is 5.10 Å². The maximum absolute atomic E-state index is 5.98. The number of nitrogen functional groups attached to an aromatic ring is 1. The molecule has 0 fully saturated rings. The molecule has 0 saturated carbocycles. The first-order chi connectivity index (χ1) is 8.06. The van der Waals surface area contributed by atoms with Crippen LogP contribution in [0.4, 0.5) is 11.5 Å². The van der Waals surface area contributed by atoms with E-state index in [0.29, 0.717) is 19.8 Å². The molecule has 1 heterocycles. The molecule has 3 N–H and O–H groups in total. The highest BCUT2D eigenvalue weighted by molar-refractivity contribution is 5.64. The van der Waals surface area contributed by atoms with Gasteiger partial charge in [0.05, 0.1) is 24.6 Å². The van der Waals surface area contributed by atoms with Gasteiger partial charge in [0.25, 0.3) is 0 Å². The van der Waals surface area contributed by atoms with Crippen molar-refractivity contribution in [2.75, 3.05) is 30.8 Å². The lowest BCUT2D eigenvalue weighted by atomic mass is 10.3. The van der Waals surface area contributed by atoms with Gasteiger partial charge in [-0.1, -0.05) is 19.1 Å². The van der Waals surface area contributed by atoms with Crippen molar-refractivity contribution in [1.29, 1.82) is 0 Å². The SMILES string of the molecule is C=C(C)COCCNc1c(N)c(CC)nn1C. The summed E-state index contributed by atoms with van der Waals surface area (Å²) >= 11 is 0. The van der Waals surface area contributed by atoms with E-state index in [1.807, 2.05) is 20.9 Å². The van der Waals surface area contributed by atoms with Gasteiger partial charge in [-0.05, 0) is 13.3 Å². The summed E-state index contributed by atoms with van der Waals surface area (Å²) in [5, 5.41) is 7.56. The molecule has 0 saturated heterocycles. The number of nitrogens with two attached hydrogens (primary N) is 1. The average molecular weight is 238 g/mol. The zero-order valence-electron chi connectivity index (χ0n) is 10.9. The van der Waals surface area contributed by atoms with Crippen LogP contribution in [0.5, 0.6) is 0 Å². The quantitative estimate of drug-likeness (QED) is 0.559. The second-order valence-corrected chi connectivity index (χ2v) is 4.12. The predicted octanol–water partition coefficient (Wildman–Crippen LogP) is 1.57. The van der Waals surface area contributed by atoms with Crippen LogP contribution in [0, 0.1) is 0 Å². The average Bonchev–Trinajstić information content (AvgIpc) is 2.54. The van der Waals surface area contributed by atoms with Crippen LogP contribution in [-0.4, -0.2) is 29.5 Å². The summed E-state index contributed by atoms with van der Waals surface area (Å²) in [5.74, 6) is 0.862. The lowest BCUT2D eigenvalue weighted by molar-refractivity contribution is 0.167. The van der Waals surface area contributed by atoms with E-state index in [4.69, 9.17) is 10.5 Å². The Balaban J connectivity index is 2.41. The van der Waals surface area contributed by atoms with Crippen LogP contribution >= 0.6 is 0 Å². The van der Waals surface area contributed by atoms with Crippen molar-refractivity contribution < 1.29 is 4.74 Å². The number of hydrogen-bond donors (Lipinski definition) is 2. The van der Waals surface area contributed by atoms with Crippen molar-refractivity contribution in [2.24, 2.45) is 7.05 Å². The molecule has 1 rings (SSSR count). The Bertz CT molecular complexity index is 384. The third-order valence-electron chi connectivity index (χ3n) is 2.38. The Hall–Kier alpha value is -1.49. The van der Waals surface area contributed by atoms with Crippen LogP contribution in [0.15, 0.2) is 12.2 Å². The van der Waals surface area contributed by atoms with E-state index in [9.17, 15) is 0 Å². The predicted molar refractivity (Wildman–Crippen MR) is 71.1 cm³/mol. The summed E-state index contributed by atoms with van der Waals surface area (Å²) in [4.78, 5) is 0. The Morgan fingerprint density at radius 1 is 1.59 bits per heavy atom. The normalized spacial score (nSPS) is 10.5. The van der Waals surface area contributed by atoms with Gasteiger partial charge in [-0.25, -0.2) is 0 Å². The highest BCUT2D eigenvalue weighted by Gasteiger charge is 2.10. The number of aryl methyl sites for hydroxylation is 2. The number of nitrogens with zero attached hydrogens (tertiary/aromatic N) is 2. The maximum Gasteiger partial charge on any atom is 0.147 e. The van der Waals surface area contributed by atoms with Gasteiger partial charge in [0.1, 0.15) is 5.82 Å². The van der Waals surface area contributed by atoms with Crippen molar-refractivity contribution in [2.45, 2.75) is 20.3 Å². The molecule has 0 aliphatic carbocycles. The summed E-state index contributed by atoms with van der Waals surface area (Å²) in [5.41, 5.74) is 8.66. The topological polar surface area (TPSA) is 65.1 Å². The molecule has 5 nitrogen and oxygen atoms in total. The minimum absolute atomic E-state index is 0.600. The fourth-order valence-electron chi connectivity index (χ4n) is 1.55. The van der Waals surface area contributed by atoms with E-state index < -0.39 is 0 Å². The van der Waals surface area contributed by atoms with Crippen molar-refractivity contribution in [3.8, 4) is 0 Å². The van der Waals surface area contributed by atoms with Crippen molar-refractivity contribution in [1.82, 2.24) is 9.78 Å². The number of aromatic nitrogens is 2. The Morgan fingerprint density at radius 2 is 2.29 bits per heavy atom. The van der Waals surface area contributed by atoms with Crippen LogP contribution in [0.25, 0.3) is 0 Å². The molecular weight excluding hydrogens is 216 g/mol. The summed E-state index contributed by atoms with van der Waals surface area (Å²) in [7, 11) is 1.88. The fraction of sp³-hybridized carbons (Fsp3) is 0.583. The van der Waals surface area contributed by atoms with Crippen LogP contribution < -0.4 is 11.1 Å². The zero-order chi connectivity index (χ0) is 12.8. The molecular formula is C12H22N4O. The van der Waals surface area contributed by atoms with E-state index in [1.165, 1.54) is 0 Å². The molecule has 1 aromatic heterocycles. The van der Waals surface area contributed by atoms with Crippen LogP contribution in [0.1, 0.15) is 19.5 Å². The molecule has 17 heavy (non-hydrogen) atoms. The summed E-state index contributed by atoms with van der Waals surface area (Å²) in [6.45, 7) is 9.69. The Morgan fingerprint density at radius 3 is 2.82 bits per heavy atom. The molecule has 96 valence electrons. The van der Waals surface area contributed by atoms with Crippen LogP contribution in [-0.2, 0) is 18.2 Å². The van der Waals surface area contributed by atoms with Gasteiger partial charge in [0, 0.05) is 13.6 Å². The lowest BCUT2D eigenvalue weighted by Crippen LogP contribution is -2.13. The number of hydrogen-bond acceptors (Lipinski definition) is 4. The molecule has 0 atom stereocenters. The zero-order valence-corrected chi connectivity index (χ0v) is 10.9. The summed E-state index contributed by atoms with van der Waals surface area (Å²) in [6, 6.07) is 0. The minimum atomic E-state index is 0.600. The molecule has 0 amide bonds. The number of ether oxygens (including phenoxy) is 1. The maximum atomic E-state index is 5.98. The molecule has 0 spiro atoms. The molecule has 1 aromatic rings. The van der Waals surface area contributed by atoms with Crippen molar-refractivity contribution >= 4 is 11.5 Å². The van der Waals surface area contributed by atoms with Gasteiger partial charge in [0.15, 0.2) is 0 Å². The van der Waals surface area contributed by atoms with E-state index >= 15 is 0 Å². The highest BCUT2D eigenvalue weighted by Crippen LogP contribution is 2.21. The second kappa shape index (κ2) is 6.30. The van der Waals surface area contributed by atoms with Gasteiger partial charge < -0.3 is 15.8 Å². The third-order valence-corrected chi connectivity index (χ3v) is 2.38. The second-order valence-electron chi connectivity index (χ2n) is 4.12. The fourth-order valence-corrected chi connectivity index (χ4v) is 1.55. The van der Waals surface area contributed by atoms with Crippen LogP contribution in [0.3, 0.4) is 0 Å². The number of nitrogens with one attached hydrogen (secondary N) is 1. The third kappa shape index (κ3) is 3.78. The number of rotatable bonds is 7. The Labute approximate surface area is 103 Å². The number of anilines is 2. The first-order valence-corrected chi connectivity index (χ1v) is 5.83. The first kappa shape index (κ1) is 13.6. The van der Waals surface area contributed by atoms with E-state index in [-0.39, 0.29) is 0 Å².